The minimum Gasteiger partial charge on any atom is -0.365 e. The molecule has 23 heavy (non-hydrogen) atoms. The number of hydrogen-bond acceptors (Lipinski definition) is 4. The Morgan fingerprint density at radius 2 is 2.35 bits per heavy atom. The highest BCUT2D eigenvalue weighted by molar-refractivity contribution is 7.20. The molecular weight excluding hydrogens is 306 g/mol. The monoisotopic (exact) mass is 331 g/mol. The lowest BCUT2D eigenvalue weighted by molar-refractivity contribution is 0.100. The van der Waals surface area contributed by atoms with Crippen molar-refractivity contribution in [3.05, 3.63) is 28.8 Å². The van der Waals surface area contributed by atoms with Gasteiger partial charge in [0.25, 0.3) is 5.91 Å². The van der Waals surface area contributed by atoms with Gasteiger partial charge >= 0.3 is 0 Å². The molecule has 0 aliphatic rings. The number of hydrogen-bond donors (Lipinski definition) is 1. The van der Waals surface area contributed by atoms with Crippen LogP contribution in [0.4, 0.5) is 0 Å². The zero-order valence-electron chi connectivity index (χ0n) is 13.9. The highest BCUT2D eigenvalue weighted by Gasteiger charge is 2.16. The molecule has 0 fully saturated rings. The van der Waals surface area contributed by atoms with Crippen LogP contribution < -0.4 is 5.73 Å². The lowest BCUT2D eigenvalue weighted by Gasteiger charge is -2.05. The van der Waals surface area contributed by atoms with Crippen molar-refractivity contribution in [2.75, 3.05) is 6.54 Å². The number of nitrogens with two attached hydrogens (primary N) is 1. The van der Waals surface area contributed by atoms with Crippen molar-refractivity contribution in [1.29, 1.82) is 0 Å². The number of rotatable bonds is 9. The van der Waals surface area contributed by atoms with E-state index in [4.69, 9.17) is 5.73 Å². The zero-order valence-corrected chi connectivity index (χ0v) is 14.7. The van der Waals surface area contributed by atoms with E-state index in [1.54, 1.807) is 6.20 Å². The third-order valence-electron chi connectivity index (χ3n) is 3.88. The molecular formula is C18H25N3OS. The quantitative estimate of drug-likeness (QED) is 0.552. The number of thiophene rings is 1. The highest BCUT2D eigenvalue weighted by atomic mass is 32.1. The number of amides is 1. The molecule has 0 aliphatic heterocycles. The van der Waals surface area contributed by atoms with Gasteiger partial charge in [-0.1, -0.05) is 26.3 Å². The molecule has 0 saturated carbocycles. The lowest BCUT2D eigenvalue weighted by Crippen LogP contribution is -2.11. The van der Waals surface area contributed by atoms with E-state index in [-0.39, 0.29) is 5.91 Å². The van der Waals surface area contributed by atoms with Crippen molar-refractivity contribution in [1.82, 2.24) is 4.98 Å². The van der Waals surface area contributed by atoms with Crippen LogP contribution in [0.15, 0.2) is 23.3 Å². The van der Waals surface area contributed by atoms with Crippen LogP contribution >= 0.6 is 11.3 Å². The molecule has 124 valence electrons. The molecule has 0 spiro atoms. The maximum atomic E-state index is 11.6. The van der Waals surface area contributed by atoms with Crippen LogP contribution in [0.3, 0.4) is 0 Å². The number of unbranched alkanes of at least 4 members (excludes halogenated alkanes) is 1. The molecule has 0 saturated heterocycles. The minimum atomic E-state index is -0.356. The molecule has 1 amide bonds. The van der Waals surface area contributed by atoms with Gasteiger partial charge < -0.3 is 5.73 Å². The fraction of sp³-hybridized carbons (Fsp3) is 0.500. The van der Waals surface area contributed by atoms with E-state index >= 15 is 0 Å². The van der Waals surface area contributed by atoms with E-state index in [0.29, 0.717) is 10.8 Å². The fourth-order valence-corrected chi connectivity index (χ4v) is 3.77. The molecule has 1 unspecified atom stereocenters. The molecule has 0 radical (unpaired) electrons. The molecule has 4 nitrogen and oxygen atoms in total. The molecule has 5 heteroatoms. The number of aromatic nitrogens is 1. The lowest BCUT2D eigenvalue weighted by atomic mass is 10.1. The van der Waals surface area contributed by atoms with E-state index < -0.39 is 0 Å². The van der Waals surface area contributed by atoms with Gasteiger partial charge in [0.2, 0.25) is 0 Å². The van der Waals surface area contributed by atoms with Gasteiger partial charge in [0.05, 0.1) is 4.88 Å². The van der Waals surface area contributed by atoms with Crippen LogP contribution in [0.5, 0.6) is 0 Å². The van der Waals surface area contributed by atoms with Crippen LogP contribution in [0.25, 0.3) is 10.2 Å². The van der Waals surface area contributed by atoms with E-state index in [2.05, 4.69) is 23.8 Å². The second-order valence-electron chi connectivity index (χ2n) is 5.96. The number of primary amides is 1. The highest BCUT2D eigenvalue weighted by Crippen LogP contribution is 2.30. The first kappa shape index (κ1) is 17.6. The average molecular weight is 331 g/mol. The molecule has 2 N–H and O–H groups in total. The molecule has 0 aromatic carbocycles. The number of carbonyl (C=O) groups excluding carboxylic acids is 1. The molecule has 0 bridgehead atoms. The van der Waals surface area contributed by atoms with Gasteiger partial charge in [0.1, 0.15) is 4.83 Å². The fourth-order valence-electron chi connectivity index (χ4n) is 2.73. The molecule has 0 aliphatic carbocycles. The Morgan fingerprint density at radius 3 is 3.09 bits per heavy atom. The third kappa shape index (κ3) is 4.86. The average Bonchev–Trinajstić information content (AvgIpc) is 2.90. The van der Waals surface area contributed by atoms with Crippen molar-refractivity contribution in [3.63, 3.8) is 0 Å². The van der Waals surface area contributed by atoms with E-state index in [9.17, 15) is 4.79 Å². The first-order valence-electron chi connectivity index (χ1n) is 8.28. The van der Waals surface area contributed by atoms with Crippen molar-refractivity contribution in [2.24, 2.45) is 16.6 Å². The zero-order chi connectivity index (χ0) is 16.7. The summed E-state index contributed by atoms with van der Waals surface area (Å²) in [7, 11) is 0. The van der Waals surface area contributed by atoms with Gasteiger partial charge in [-0.3, -0.25) is 9.79 Å². The Hall–Kier alpha value is -1.75. The SMILES string of the molecule is CCCC(C)CN=CCCCc1c(C(N)=O)sc2ncccc12. The normalized spacial score (nSPS) is 13.0. The van der Waals surface area contributed by atoms with Gasteiger partial charge in [-0.2, -0.15) is 0 Å². The third-order valence-corrected chi connectivity index (χ3v) is 5.05. The number of aliphatic imine (C=N–C) groups is 1. The summed E-state index contributed by atoms with van der Waals surface area (Å²) in [6.07, 6.45) is 8.93. The number of fused-ring (bicyclic) bond motifs is 1. The summed E-state index contributed by atoms with van der Waals surface area (Å²) in [5, 5.41) is 1.06. The van der Waals surface area contributed by atoms with Crippen LogP contribution in [0.2, 0.25) is 0 Å². The van der Waals surface area contributed by atoms with Gasteiger partial charge in [-0.15, -0.1) is 11.3 Å². The molecule has 2 rings (SSSR count). The van der Waals surface area contributed by atoms with Crippen LogP contribution in [-0.2, 0) is 6.42 Å². The Kier molecular flexibility index (Phi) is 6.71. The van der Waals surface area contributed by atoms with Gasteiger partial charge in [0, 0.05) is 18.1 Å². The Morgan fingerprint density at radius 1 is 1.52 bits per heavy atom. The Labute approximate surface area is 141 Å². The smallest absolute Gasteiger partial charge is 0.259 e. The predicted octanol–water partition coefficient (Wildman–Crippen LogP) is 4.22. The summed E-state index contributed by atoms with van der Waals surface area (Å²) in [6, 6.07) is 3.92. The summed E-state index contributed by atoms with van der Waals surface area (Å²) in [5.41, 5.74) is 6.55. The van der Waals surface area contributed by atoms with Gasteiger partial charge in [-0.25, -0.2) is 4.98 Å². The Bertz CT molecular complexity index is 678. The number of aryl methyl sites for hydroxylation is 1. The molecule has 2 aromatic rings. The molecule has 1 atom stereocenters. The standard InChI is InChI=1S/C18H25N3OS/c1-3-7-13(2)12-20-10-5-4-8-14-15-9-6-11-21-18(15)23-16(14)17(19)22/h6,9-11,13H,3-5,7-8,12H2,1-2H3,(H2,19,22). The number of pyridine rings is 1. The van der Waals surface area contributed by atoms with E-state index in [1.165, 1.54) is 24.2 Å². The van der Waals surface area contributed by atoms with Crippen molar-refractivity contribution in [3.8, 4) is 0 Å². The second-order valence-corrected chi connectivity index (χ2v) is 6.96. The topological polar surface area (TPSA) is 68.3 Å². The molecule has 2 aromatic heterocycles. The summed E-state index contributed by atoms with van der Waals surface area (Å²) < 4.78 is 0. The summed E-state index contributed by atoms with van der Waals surface area (Å²) in [5.74, 6) is 0.301. The first-order valence-corrected chi connectivity index (χ1v) is 9.09. The second kappa shape index (κ2) is 8.77. The Balaban J connectivity index is 1.93. The maximum absolute atomic E-state index is 11.6. The maximum Gasteiger partial charge on any atom is 0.259 e. The largest absolute Gasteiger partial charge is 0.365 e. The molecule has 2 heterocycles. The summed E-state index contributed by atoms with van der Waals surface area (Å²) >= 11 is 1.39. The van der Waals surface area contributed by atoms with Crippen LogP contribution in [0.1, 0.15) is 54.8 Å². The van der Waals surface area contributed by atoms with Crippen LogP contribution in [-0.4, -0.2) is 23.7 Å². The summed E-state index contributed by atoms with van der Waals surface area (Å²) in [6.45, 7) is 5.35. The van der Waals surface area contributed by atoms with Gasteiger partial charge in [-0.05, 0) is 49.4 Å². The number of nitrogens with zero attached hydrogens (tertiary/aromatic N) is 2. The van der Waals surface area contributed by atoms with Crippen LogP contribution in [0, 0.1) is 5.92 Å². The van der Waals surface area contributed by atoms with Crippen molar-refractivity contribution in [2.45, 2.75) is 46.0 Å². The van der Waals surface area contributed by atoms with E-state index in [1.807, 2.05) is 18.3 Å². The first-order chi connectivity index (χ1) is 11.1. The minimum absolute atomic E-state index is 0.356. The number of carbonyl (C=O) groups is 1. The predicted molar refractivity (Wildman–Crippen MR) is 98.5 cm³/mol. The van der Waals surface area contributed by atoms with Gasteiger partial charge in [0.15, 0.2) is 0 Å². The summed E-state index contributed by atoms with van der Waals surface area (Å²) in [4.78, 5) is 22.0. The van der Waals surface area contributed by atoms with E-state index in [0.717, 1.165) is 41.6 Å². The van der Waals surface area contributed by atoms with Crippen molar-refractivity contribution < 1.29 is 4.79 Å². The van der Waals surface area contributed by atoms with Crippen molar-refractivity contribution >= 4 is 33.7 Å².